The van der Waals surface area contributed by atoms with Crippen molar-refractivity contribution < 1.29 is 27.5 Å². The Morgan fingerprint density at radius 3 is 2.32 bits per heavy atom. The molecule has 0 aromatic heterocycles. The molecule has 0 aliphatic carbocycles. The van der Waals surface area contributed by atoms with E-state index >= 15 is 0 Å². The minimum Gasteiger partial charge on any atom is -0.482 e. The first-order chi connectivity index (χ1) is 13.1. The number of ether oxygens (including phenoxy) is 2. The first-order valence-corrected chi connectivity index (χ1v) is 11.4. The summed E-state index contributed by atoms with van der Waals surface area (Å²) in [6.07, 6.45) is -0.583. The van der Waals surface area contributed by atoms with Gasteiger partial charge in [-0.3, -0.25) is 4.79 Å². The average Bonchev–Trinajstić information content (AvgIpc) is 3.00. The molecule has 2 atom stereocenters. The molecule has 156 valence electrons. The van der Waals surface area contributed by atoms with Crippen LogP contribution in [0.2, 0.25) is 0 Å². The molecule has 0 saturated carbocycles. The summed E-state index contributed by atoms with van der Waals surface area (Å²) >= 11 is 0. The van der Waals surface area contributed by atoms with Crippen LogP contribution in [0, 0.1) is 0 Å². The maximum absolute atomic E-state index is 12.6. The molecular formula is C20H29NO6S. The van der Waals surface area contributed by atoms with Gasteiger partial charge in [0.2, 0.25) is 0 Å². The normalized spacial score (nSPS) is 19.2. The molecule has 0 N–H and O–H groups in total. The highest BCUT2D eigenvalue weighted by molar-refractivity contribution is 7.91. The van der Waals surface area contributed by atoms with Crippen molar-refractivity contribution in [3.05, 3.63) is 29.8 Å². The van der Waals surface area contributed by atoms with Crippen LogP contribution in [0.25, 0.3) is 0 Å². The fraction of sp³-hybridized carbons (Fsp3) is 0.600. The van der Waals surface area contributed by atoms with Gasteiger partial charge in [-0.25, -0.2) is 13.2 Å². The van der Waals surface area contributed by atoms with Gasteiger partial charge in [-0.15, -0.1) is 0 Å². The van der Waals surface area contributed by atoms with Crippen LogP contribution in [0.3, 0.4) is 0 Å². The highest BCUT2D eigenvalue weighted by Crippen LogP contribution is 2.20. The lowest BCUT2D eigenvalue weighted by Crippen LogP contribution is -2.46. The summed E-state index contributed by atoms with van der Waals surface area (Å²) < 4.78 is 33.9. The third kappa shape index (κ3) is 5.95. The molecule has 28 heavy (non-hydrogen) atoms. The summed E-state index contributed by atoms with van der Waals surface area (Å²) in [6.45, 7) is 7.51. The highest BCUT2D eigenvalue weighted by Gasteiger charge is 2.36. The van der Waals surface area contributed by atoms with Crippen molar-refractivity contribution in [2.75, 3.05) is 24.7 Å². The predicted molar refractivity (Wildman–Crippen MR) is 106 cm³/mol. The van der Waals surface area contributed by atoms with Crippen LogP contribution in [-0.4, -0.2) is 62.0 Å². The van der Waals surface area contributed by atoms with E-state index < -0.39 is 21.9 Å². The molecule has 1 heterocycles. The Labute approximate surface area is 166 Å². The van der Waals surface area contributed by atoms with Crippen molar-refractivity contribution >= 4 is 21.7 Å². The quantitative estimate of drug-likeness (QED) is 0.609. The molecule has 7 nitrogen and oxygen atoms in total. The van der Waals surface area contributed by atoms with Gasteiger partial charge in [-0.2, -0.15) is 0 Å². The van der Waals surface area contributed by atoms with Crippen molar-refractivity contribution in [3.8, 4) is 5.75 Å². The molecule has 1 aliphatic heterocycles. The second-order valence-corrected chi connectivity index (χ2v) is 9.55. The molecule has 1 aromatic carbocycles. The lowest BCUT2D eigenvalue weighted by Gasteiger charge is -2.29. The number of sulfone groups is 1. The number of hydrogen-bond acceptors (Lipinski definition) is 6. The van der Waals surface area contributed by atoms with Gasteiger partial charge in [0.1, 0.15) is 5.75 Å². The van der Waals surface area contributed by atoms with E-state index in [0.29, 0.717) is 24.6 Å². The second kappa shape index (κ2) is 9.41. The van der Waals surface area contributed by atoms with E-state index in [9.17, 15) is 18.0 Å². The lowest BCUT2D eigenvalue weighted by molar-refractivity contribution is -0.161. The molecule has 0 radical (unpaired) electrons. The van der Waals surface area contributed by atoms with Crippen LogP contribution in [0.15, 0.2) is 24.3 Å². The van der Waals surface area contributed by atoms with E-state index in [-0.39, 0.29) is 30.1 Å². The van der Waals surface area contributed by atoms with E-state index in [2.05, 4.69) is 13.8 Å². The van der Waals surface area contributed by atoms with Crippen molar-refractivity contribution in [2.24, 2.45) is 0 Å². The summed E-state index contributed by atoms with van der Waals surface area (Å²) in [4.78, 5) is 26.1. The summed E-state index contributed by atoms with van der Waals surface area (Å²) in [5, 5.41) is 0. The first-order valence-electron chi connectivity index (χ1n) is 9.56. The van der Waals surface area contributed by atoms with Crippen LogP contribution in [0.1, 0.15) is 45.6 Å². The average molecular weight is 412 g/mol. The number of nitrogens with zero attached hydrogens (tertiary/aromatic N) is 1. The first kappa shape index (κ1) is 22.2. The van der Waals surface area contributed by atoms with Crippen LogP contribution in [-0.2, 0) is 24.2 Å². The second-order valence-electron chi connectivity index (χ2n) is 7.33. The van der Waals surface area contributed by atoms with Crippen LogP contribution < -0.4 is 4.74 Å². The molecule has 1 aromatic rings. The molecule has 2 rings (SSSR count). The maximum atomic E-state index is 12.6. The minimum absolute atomic E-state index is 0.0390. The Balaban J connectivity index is 1.85. The van der Waals surface area contributed by atoms with E-state index in [1.165, 1.54) is 17.4 Å². The van der Waals surface area contributed by atoms with Gasteiger partial charge in [-0.1, -0.05) is 26.0 Å². The number of hydrogen-bond donors (Lipinski definition) is 0. The summed E-state index contributed by atoms with van der Waals surface area (Å²) in [6, 6.07) is 7.09. The summed E-state index contributed by atoms with van der Waals surface area (Å²) in [7, 11) is -3.10. The van der Waals surface area contributed by atoms with E-state index in [1.807, 2.05) is 12.1 Å². The van der Waals surface area contributed by atoms with Gasteiger partial charge < -0.3 is 14.4 Å². The standard InChI is InChI=1S/C20H29NO6S/c1-5-21(17-10-11-28(24,25)13-17)20(23)15(4)27-19(22)12-26-18-8-6-16(7-9-18)14(2)3/h6-9,14-15,17H,5,10-13H2,1-4H3/t15-,17+/m1/s1. The number of carbonyl (C=O) groups excluding carboxylic acids is 2. The molecule has 1 amide bonds. The van der Waals surface area contributed by atoms with Gasteiger partial charge >= 0.3 is 5.97 Å². The Kier molecular flexibility index (Phi) is 7.46. The largest absolute Gasteiger partial charge is 0.482 e. The summed E-state index contributed by atoms with van der Waals surface area (Å²) in [5.41, 5.74) is 1.17. The number of amides is 1. The SMILES string of the molecule is CCN(C(=O)[C@@H](C)OC(=O)COc1ccc(C(C)C)cc1)[C@H]1CCS(=O)(=O)C1. The molecule has 8 heteroatoms. The molecule has 0 bridgehead atoms. The van der Waals surface area contributed by atoms with E-state index in [4.69, 9.17) is 9.47 Å². The molecule has 0 spiro atoms. The van der Waals surface area contributed by atoms with E-state index in [0.717, 1.165) is 0 Å². The van der Waals surface area contributed by atoms with Crippen LogP contribution in [0.5, 0.6) is 5.75 Å². The van der Waals surface area contributed by atoms with Gasteiger partial charge in [-0.05, 0) is 43.9 Å². The number of esters is 1. The minimum atomic E-state index is -3.10. The Morgan fingerprint density at radius 1 is 1.18 bits per heavy atom. The zero-order chi connectivity index (χ0) is 20.9. The third-order valence-electron chi connectivity index (χ3n) is 4.83. The molecular weight excluding hydrogens is 382 g/mol. The third-order valence-corrected chi connectivity index (χ3v) is 6.58. The number of rotatable bonds is 8. The van der Waals surface area contributed by atoms with Crippen LogP contribution >= 0.6 is 0 Å². The fourth-order valence-corrected chi connectivity index (χ4v) is 4.95. The molecule has 0 unspecified atom stereocenters. The number of likely N-dealkylation sites (N-methyl/N-ethyl adjacent to an activating group) is 1. The molecule has 1 saturated heterocycles. The van der Waals surface area contributed by atoms with E-state index in [1.54, 1.807) is 19.1 Å². The van der Waals surface area contributed by atoms with Crippen LogP contribution in [0.4, 0.5) is 0 Å². The monoisotopic (exact) mass is 411 g/mol. The van der Waals surface area contributed by atoms with Gasteiger partial charge in [0, 0.05) is 12.6 Å². The predicted octanol–water partition coefficient (Wildman–Crippen LogP) is 2.16. The molecule has 1 fully saturated rings. The Hall–Kier alpha value is -2.09. The molecule has 1 aliphatic rings. The Morgan fingerprint density at radius 2 is 1.82 bits per heavy atom. The van der Waals surface area contributed by atoms with Crippen molar-refractivity contribution in [3.63, 3.8) is 0 Å². The zero-order valence-electron chi connectivity index (χ0n) is 16.9. The number of benzene rings is 1. The topological polar surface area (TPSA) is 90.0 Å². The van der Waals surface area contributed by atoms with Crippen molar-refractivity contribution in [1.29, 1.82) is 0 Å². The van der Waals surface area contributed by atoms with Crippen molar-refractivity contribution in [2.45, 2.75) is 52.2 Å². The Bertz CT molecular complexity index is 787. The smallest absolute Gasteiger partial charge is 0.344 e. The lowest BCUT2D eigenvalue weighted by atomic mass is 10.0. The van der Waals surface area contributed by atoms with Gasteiger partial charge in [0.15, 0.2) is 22.5 Å². The van der Waals surface area contributed by atoms with Gasteiger partial charge in [0.25, 0.3) is 5.91 Å². The maximum Gasteiger partial charge on any atom is 0.344 e. The van der Waals surface area contributed by atoms with Crippen molar-refractivity contribution in [1.82, 2.24) is 4.90 Å². The number of carbonyl (C=O) groups is 2. The van der Waals surface area contributed by atoms with Gasteiger partial charge in [0.05, 0.1) is 11.5 Å². The fourth-order valence-electron chi connectivity index (χ4n) is 3.22. The summed E-state index contributed by atoms with van der Waals surface area (Å²) in [5.74, 6) is -0.0426. The highest BCUT2D eigenvalue weighted by atomic mass is 32.2. The zero-order valence-corrected chi connectivity index (χ0v) is 17.7.